The topological polar surface area (TPSA) is 77.0 Å². The number of nitrogen functional groups attached to an aromatic ring is 2. The summed E-state index contributed by atoms with van der Waals surface area (Å²) in [5.41, 5.74) is 14.4. The molecule has 0 unspecified atom stereocenters. The zero-order chi connectivity index (χ0) is 13.8. The molecule has 0 aliphatic heterocycles. The molecular formula is C15H20N4. The molecule has 0 amide bonds. The molecule has 4 heteroatoms. The van der Waals surface area contributed by atoms with Crippen molar-refractivity contribution >= 4 is 17.3 Å². The first-order valence-electron chi connectivity index (χ1n) is 6.41. The number of nitrogens with zero attached hydrogens (tertiary/aromatic N) is 1. The standard InChI is InChI=1S/C15H20N4/c1-10(2)12-5-3-11(4-6-12)9-18-14-8-7-13(16)15(17)19-14/h3-8,10H,9,16H2,1-2H3,(H3,17,18,19). The van der Waals surface area contributed by atoms with Crippen molar-refractivity contribution in [2.24, 2.45) is 0 Å². The van der Waals surface area contributed by atoms with E-state index >= 15 is 0 Å². The Morgan fingerprint density at radius 3 is 2.32 bits per heavy atom. The number of benzene rings is 1. The van der Waals surface area contributed by atoms with Gasteiger partial charge in [-0.2, -0.15) is 0 Å². The first-order chi connectivity index (χ1) is 9.06. The van der Waals surface area contributed by atoms with Gasteiger partial charge in [-0.15, -0.1) is 0 Å². The number of aromatic nitrogens is 1. The summed E-state index contributed by atoms with van der Waals surface area (Å²) < 4.78 is 0. The Bertz CT molecular complexity index is 547. The Morgan fingerprint density at radius 2 is 1.74 bits per heavy atom. The molecule has 5 N–H and O–H groups in total. The van der Waals surface area contributed by atoms with E-state index in [1.807, 2.05) is 6.07 Å². The van der Waals surface area contributed by atoms with Crippen LogP contribution in [0.15, 0.2) is 36.4 Å². The predicted octanol–water partition coefficient (Wildman–Crippen LogP) is 2.98. The van der Waals surface area contributed by atoms with Crippen LogP contribution in [-0.2, 0) is 6.54 Å². The first-order valence-corrected chi connectivity index (χ1v) is 6.41. The number of rotatable bonds is 4. The average Bonchev–Trinajstić information content (AvgIpc) is 2.40. The minimum atomic E-state index is 0.361. The van der Waals surface area contributed by atoms with E-state index < -0.39 is 0 Å². The lowest BCUT2D eigenvalue weighted by Crippen LogP contribution is -2.04. The molecule has 0 saturated carbocycles. The Balaban J connectivity index is 2.00. The number of hydrogen-bond acceptors (Lipinski definition) is 4. The van der Waals surface area contributed by atoms with Gasteiger partial charge in [0.05, 0.1) is 5.69 Å². The monoisotopic (exact) mass is 256 g/mol. The van der Waals surface area contributed by atoms with Crippen molar-refractivity contribution in [2.75, 3.05) is 16.8 Å². The highest BCUT2D eigenvalue weighted by atomic mass is 15.0. The van der Waals surface area contributed by atoms with Crippen LogP contribution in [0.4, 0.5) is 17.3 Å². The van der Waals surface area contributed by atoms with Crippen LogP contribution in [0.1, 0.15) is 30.9 Å². The largest absolute Gasteiger partial charge is 0.396 e. The highest BCUT2D eigenvalue weighted by Gasteiger charge is 2.01. The van der Waals surface area contributed by atoms with Gasteiger partial charge in [-0.3, -0.25) is 0 Å². The van der Waals surface area contributed by atoms with E-state index in [1.165, 1.54) is 11.1 Å². The molecule has 0 aliphatic carbocycles. The summed E-state index contributed by atoms with van der Waals surface area (Å²) in [5, 5.41) is 3.23. The molecule has 0 atom stereocenters. The van der Waals surface area contributed by atoms with Crippen molar-refractivity contribution in [3.63, 3.8) is 0 Å². The van der Waals surface area contributed by atoms with Crippen LogP contribution in [0.5, 0.6) is 0 Å². The lowest BCUT2D eigenvalue weighted by molar-refractivity contribution is 0.865. The molecule has 100 valence electrons. The van der Waals surface area contributed by atoms with E-state index in [0.29, 0.717) is 24.0 Å². The summed E-state index contributed by atoms with van der Waals surface area (Å²) in [6, 6.07) is 12.2. The van der Waals surface area contributed by atoms with Gasteiger partial charge >= 0.3 is 0 Å². The fraction of sp³-hybridized carbons (Fsp3) is 0.267. The quantitative estimate of drug-likeness (QED) is 0.786. The molecular weight excluding hydrogens is 236 g/mol. The fourth-order valence-corrected chi connectivity index (χ4v) is 1.80. The van der Waals surface area contributed by atoms with Gasteiger partial charge in [0.1, 0.15) is 11.6 Å². The van der Waals surface area contributed by atoms with E-state index in [0.717, 1.165) is 5.82 Å². The van der Waals surface area contributed by atoms with Gasteiger partial charge in [-0.25, -0.2) is 4.98 Å². The number of nitrogens with two attached hydrogens (primary N) is 2. The van der Waals surface area contributed by atoms with Crippen molar-refractivity contribution < 1.29 is 0 Å². The van der Waals surface area contributed by atoms with E-state index in [4.69, 9.17) is 11.5 Å². The maximum absolute atomic E-state index is 5.67. The average molecular weight is 256 g/mol. The van der Waals surface area contributed by atoms with Crippen molar-refractivity contribution in [1.29, 1.82) is 0 Å². The van der Waals surface area contributed by atoms with Crippen LogP contribution in [-0.4, -0.2) is 4.98 Å². The third kappa shape index (κ3) is 3.37. The Hall–Kier alpha value is -2.23. The normalized spacial score (nSPS) is 10.7. The lowest BCUT2D eigenvalue weighted by atomic mass is 10.0. The van der Waals surface area contributed by atoms with Gasteiger partial charge in [0.25, 0.3) is 0 Å². The third-order valence-electron chi connectivity index (χ3n) is 3.08. The van der Waals surface area contributed by atoms with Crippen molar-refractivity contribution in [3.8, 4) is 0 Å². The highest BCUT2D eigenvalue weighted by Crippen LogP contribution is 2.17. The van der Waals surface area contributed by atoms with Gasteiger partial charge in [-0.05, 0) is 29.2 Å². The predicted molar refractivity (Wildman–Crippen MR) is 80.9 cm³/mol. The summed E-state index contributed by atoms with van der Waals surface area (Å²) >= 11 is 0. The van der Waals surface area contributed by atoms with E-state index in [1.54, 1.807) is 6.07 Å². The zero-order valence-corrected chi connectivity index (χ0v) is 11.4. The Labute approximate surface area is 113 Å². The molecule has 1 aromatic heterocycles. The van der Waals surface area contributed by atoms with Crippen LogP contribution in [0.2, 0.25) is 0 Å². The first kappa shape index (κ1) is 13.2. The third-order valence-corrected chi connectivity index (χ3v) is 3.08. The van der Waals surface area contributed by atoms with Crippen molar-refractivity contribution in [3.05, 3.63) is 47.5 Å². The summed E-state index contributed by atoms with van der Waals surface area (Å²) in [6.07, 6.45) is 0. The second-order valence-electron chi connectivity index (χ2n) is 4.92. The molecule has 2 rings (SSSR count). The summed E-state index contributed by atoms with van der Waals surface area (Å²) in [6.45, 7) is 5.09. The smallest absolute Gasteiger partial charge is 0.149 e. The summed E-state index contributed by atoms with van der Waals surface area (Å²) in [5.74, 6) is 1.65. The molecule has 0 spiro atoms. The van der Waals surface area contributed by atoms with Gasteiger partial charge in [0.15, 0.2) is 0 Å². The maximum atomic E-state index is 5.67. The van der Waals surface area contributed by atoms with Crippen LogP contribution < -0.4 is 16.8 Å². The molecule has 2 aromatic rings. The molecule has 0 bridgehead atoms. The minimum Gasteiger partial charge on any atom is -0.396 e. The van der Waals surface area contributed by atoms with Gasteiger partial charge < -0.3 is 16.8 Å². The molecule has 0 fully saturated rings. The Kier molecular flexibility index (Phi) is 3.90. The van der Waals surface area contributed by atoms with E-state index in [9.17, 15) is 0 Å². The van der Waals surface area contributed by atoms with Gasteiger partial charge in [-0.1, -0.05) is 38.1 Å². The van der Waals surface area contributed by atoms with E-state index in [2.05, 4.69) is 48.4 Å². The highest BCUT2D eigenvalue weighted by molar-refractivity contribution is 5.61. The number of hydrogen-bond donors (Lipinski definition) is 3. The minimum absolute atomic E-state index is 0.361. The molecule has 0 saturated heterocycles. The van der Waals surface area contributed by atoms with Crippen LogP contribution in [0.25, 0.3) is 0 Å². The van der Waals surface area contributed by atoms with E-state index in [-0.39, 0.29) is 0 Å². The van der Waals surface area contributed by atoms with Gasteiger partial charge in [0.2, 0.25) is 0 Å². The fourth-order valence-electron chi connectivity index (χ4n) is 1.80. The zero-order valence-electron chi connectivity index (χ0n) is 11.4. The lowest BCUT2D eigenvalue weighted by Gasteiger charge is -2.09. The molecule has 1 aromatic carbocycles. The molecule has 1 heterocycles. The van der Waals surface area contributed by atoms with Crippen LogP contribution >= 0.6 is 0 Å². The Morgan fingerprint density at radius 1 is 1.05 bits per heavy atom. The van der Waals surface area contributed by atoms with Crippen LogP contribution in [0, 0.1) is 0 Å². The van der Waals surface area contributed by atoms with Gasteiger partial charge in [0, 0.05) is 6.54 Å². The number of anilines is 3. The summed E-state index contributed by atoms with van der Waals surface area (Å²) in [4.78, 5) is 4.18. The maximum Gasteiger partial charge on any atom is 0.149 e. The second-order valence-corrected chi connectivity index (χ2v) is 4.92. The second kappa shape index (κ2) is 5.61. The van der Waals surface area contributed by atoms with Crippen LogP contribution in [0.3, 0.4) is 0 Å². The number of pyridine rings is 1. The molecule has 4 nitrogen and oxygen atoms in total. The van der Waals surface area contributed by atoms with Crippen molar-refractivity contribution in [2.45, 2.75) is 26.3 Å². The molecule has 0 radical (unpaired) electrons. The SMILES string of the molecule is CC(C)c1ccc(CNc2ccc(N)c(N)n2)cc1. The molecule has 0 aliphatic rings. The van der Waals surface area contributed by atoms with Crippen molar-refractivity contribution in [1.82, 2.24) is 4.98 Å². The molecule has 19 heavy (non-hydrogen) atoms. The summed E-state index contributed by atoms with van der Waals surface area (Å²) in [7, 11) is 0. The number of nitrogens with one attached hydrogen (secondary N) is 1.